The van der Waals surface area contributed by atoms with Crippen LogP contribution < -0.4 is 5.32 Å². The molecule has 0 spiro atoms. The Morgan fingerprint density at radius 2 is 1.83 bits per heavy atom. The Morgan fingerprint density at radius 3 is 2.59 bits per heavy atom. The quantitative estimate of drug-likeness (QED) is 0.373. The molecule has 0 aliphatic heterocycles. The number of fused-ring (bicyclic) bond motifs is 1. The van der Waals surface area contributed by atoms with E-state index in [-0.39, 0.29) is 22.7 Å². The standard InChI is InChI=1S/C20H16N4O4S/c1-11(25)17-16(14-5-3-4-6-15(14)27-17)22-18(26)12(2)29-20-24-23-19(28-20)13-7-9-21-10-8-13/h3-10,12H,1-2H3,(H,22,26). The van der Waals surface area contributed by atoms with E-state index in [1.54, 1.807) is 49.6 Å². The molecule has 1 atom stereocenters. The number of carbonyl (C=O) groups excluding carboxylic acids is 2. The van der Waals surface area contributed by atoms with Gasteiger partial charge in [0, 0.05) is 30.3 Å². The lowest BCUT2D eigenvalue weighted by Gasteiger charge is -2.09. The smallest absolute Gasteiger partial charge is 0.277 e. The van der Waals surface area contributed by atoms with E-state index in [4.69, 9.17) is 8.83 Å². The van der Waals surface area contributed by atoms with Gasteiger partial charge in [0.1, 0.15) is 5.58 Å². The fourth-order valence-electron chi connectivity index (χ4n) is 2.72. The first-order chi connectivity index (χ1) is 14.0. The van der Waals surface area contributed by atoms with Gasteiger partial charge in [-0.1, -0.05) is 23.9 Å². The Morgan fingerprint density at radius 1 is 1.07 bits per heavy atom. The molecule has 3 aromatic heterocycles. The van der Waals surface area contributed by atoms with Crippen molar-refractivity contribution in [2.45, 2.75) is 24.3 Å². The number of carbonyl (C=O) groups is 2. The first-order valence-electron chi connectivity index (χ1n) is 8.77. The zero-order valence-electron chi connectivity index (χ0n) is 15.6. The predicted molar refractivity (Wildman–Crippen MR) is 108 cm³/mol. The molecule has 9 heteroatoms. The number of pyridine rings is 1. The van der Waals surface area contributed by atoms with Crippen LogP contribution in [0.15, 0.2) is 62.8 Å². The summed E-state index contributed by atoms with van der Waals surface area (Å²) >= 11 is 1.13. The summed E-state index contributed by atoms with van der Waals surface area (Å²) in [6.45, 7) is 3.11. The van der Waals surface area contributed by atoms with Gasteiger partial charge in [-0.2, -0.15) is 0 Å². The van der Waals surface area contributed by atoms with Gasteiger partial charge in [-0.25, -0.2) is 0 Å². The number of ketones is 1. The van der Waals surface area contributed by atoms with Crippen LogP contribution in [0.5, 0.6) is 0 Å². The molecular weight excluding hydrogens is 392 g/mol. The molecule has 0 saturated heterocycles. The predicted octanol–water partition coefficient (Wildman–Crippen LogP) is 4.20. The zero-order valence-corrected chi connectivity index (χ0v) is 16.4. The molecule has 0 aliphatic carbocycles. The van der Waals surface area contributed by atoms with Gasteiger partial charge in [-0.3, -0.25) is 14.6 Å². The van der Waals surface area contributed by atoms with Crippen molar-refractivity contribution in [3.63, 3.8) is 0 Å². The number of furan rings is 1. The number of anilines is 1. The molecule has 0 saturated carbocycles. The van der Waals surface area contributed by atoms with Crippen molar-refractivity contribution in [2.24, 2.45) is 0 Å². The molecule has 0 aliphatic rings. The lowest BCUT2D eigenvalue weighted by atomic mass is 10.2. The molecule has 0 fully saturated rings. The SMILES string of the molecule is CC(=O)c1oc2ccccc2c1NC(=O)C(C)Sc1nnc(-c2ccncc2)o1. The van der Waals surface area contributed by atoms with Crippen LogP contribution in [-0.2, 0) is 4.79 Å². The van der Waals surface area contributed by atoms with Gasteiger partial charge >= 0.3 is 0 Å². The van der Waals surface area contributed by atoms with Gasteiger partial charge in [-0.15, -0.1) is 10.2 Å². The van der Waals surface area contributed by atoms with Gasteiger partial charge in [0.2, 0.25) is 11.8 Å². The molecule has 0 radical (unpaired) electrons. The maximum Gasteiger partial charge on any atom is 0.277 e. The Hall–Kier alpha value is -3.46. The molecule has 1 N–H and O–H groups in total. The van der Waals surface area contributed by atoms with Gasteiger partial charge in [0.25, 0.3) is 5.22 Å². The average Bonchev–Trinajstić information content (AvgIpc) is 3.34. The summed E-state index contributed by atoms with van der Waals surface area (Å²) in [7, 11) is 0. The number of thioether (sulfide) groups is 1. The number of Topliss-reactive ketones (excluding diaryl/α,β-unsaturated/α-hetero) is 1. The van der Waals surface area contributed by atoms with Crippen LogP contribution in [0.25, 0.3) is 22.4 Å². The van der Waals surface area contributed by atoms with Crippen molar-refractivity contribution in [3.05, 3.63) is 54.6 Å². The molecule has 1 aromatic carbocycles. The summed E-state index contributed by atoms with van der Waals surface area (Å²) in [6, 6.07) is 10.7. The highest BCUT2D eigenvalue weighted by atomic mass is 32.2. The Balaban J connectivity index is 1.51. The van der Waals surface area contributed by atoms with Crippen molar-refractivity contribution in [1.82, 2.24) is 15.2 Å². The maximum atomic E-state index is 12.7. The first-order valence-corrected chi connectivity index (χ1v) is 9.65. The minimum absolute atomic E-state index is 0.120. The van der Waals surface area contributed by atoms with Gasteiger partial charge < -0.3 is 14.2 Å². The third-order valence-corrected chi connectivity index (χ3v) is 5.08. The number of rotatable bonds is 6. The summed E-state index contributed by atoms with van der Waals surface area (Å²) in [5.41, 5.74) is 1.65. The normalized spacial score (nSPS) is 12.1. The highest BCUT2D eigenvalue weighted by Crippen LogP contribution is 2.32. The third kappa shape index (κ3) is 3.90. The summed E-state index contributed by atoms with van der Waals surface area (Å²) in [5, 5.41) is 11.2. The molecule has 3 heterocycles. The second kappa shape index (κ2) is 7.88. The lowest BCUT2D eigenvalue weighted by Crippen LogP contribution is -2.23. The molecule has 4 aromatic rings. The topological polar surface area (TPSA) is 111 Å². The zero-order chi connectivity index (χ0) is 20.4. The van der Waals surface area contributed by atoms with Crippen LogP contribution >= 0.6 is 11.8 Å². The number of nitrogens with zero attached hydrogens (tertiary/aromatic N) is 3. The van der Waals surface area contributed by atoms with Gasteiger partial charge in [0.05, 0.1) is 10.9 Å². The fourth-order valence-corrected chi connectivity index (χ4v) is 3.40. The third-order valence-electron chi connectivity index (χ3n) is 4.14. The van der Waals surface area contributed by atoms with Gasteiger partial charge in [0.15, 0.2) is 11.5 Å². The summed E-state index contributed by atoms with van der Waals surface area (Å²) < 4.78 is 11.2. The number of benzene rings is 1. The number of amides is 1. The molecule has 0 bridgehead atoms. The lowest BCUT2D eigenvalue weighted by molar-refractivity contribution is -0.115. The molecule has 1 amide bonds. The van der Waals surface area contributed by atoms with Crippen LogP contribution in [0.4, 0.5) is 5.69 Å². The average molecular weight is 408 g/mol. The van der Waals surface area contributed by atoms with E-state index in [0.717, 1.165) is 17.3 Å². The Labute approximate surface area is 169 Å². The van der Waals surface area contributed by atoms with Crippen LogP contribution in [0.1, 0.15) is 24.4 Å². The van der Waals surface area contributed by atoms with Crippen molar-refractivity contribution in [2.75, 3.05) is 5.32 Å². The molecule has 29 heavy (non-hydrogen) atoms. The number of aromatic nitrogens is 3. The summed E-state index contributed by atoms with van der Waals surface area (Å²) in [6.07, 6.45) is 3.26. The number of nitrogens with one attached hydrogen (secondary N) is 1. The number of hydrogen-bond acceptors (Lipinski definition) is 8. The summed E-state index contributed by atoms with van der Waals surface area (Å²) in [5.74, 6) is -0.111. The fraction of sp³-hybridized carbons (Fsp3) is 0.150. The van der Waals surface area contributed by atoms with Crippen LogP contribution in [-0.4, -0.2) is 32.1 Å². The molecule has 1 unspecified atom stereocenters. The minimum Gasteiger partial charge on any atom is -0.451 e. The number of hydrogen-bond donors (Lipinski definition) is 1. The molecule has 146 valence electrons. The van der Waals surface area contributed by atoms with Crippen molar-refractivity contribution >= 4 is 40.1 Å². The van der Waals surface area contributed by atoms with Crippen LogP contribution in [0, 0.1) is 0 Å². The van der Waals surface area contributed by atoms with Crippen LogP contribution in [0.3, 0.4) is 0 Å². The van der Waals surface area contributed by atoms with E-state index in [1.165, 1.54) is 6.92 Å². The molecule has 8 nitrogen and oxygen atoms in total. The van der Waals surface area contributed by atoms with Crippen LogP contribution in [0.2, 0.25) is 0 Å². The second-order valence-corrected chi connectivity index (χ2v) is 7.51. The van der Waals surface area contributed by atoms with E-state index in [0.29, 0.717) is 22.5 Å². The van der Waals surface area contributed by atoms with Crippen molar-refractivity contribution < 1.29 is 18.4 Å². The van der Waals surface area contributed by atoms with E-state index >= 15 is 0 Å². The number of para-hydroxylation sites is 1. The van der Waals surface area contributed by atoms with Crippen molar-refractivity contribution in [1.29, 1.82) is 0 Å². The van der Waals surface area contributed by atoms with E-state index < -0.39 is 5.25 Å². The minimum atomic E-state index is -0.547. The highest BCUT2D eigenvalue weighted by Gasteiger charge is 2.24. The summed E-state index contributed by atoms with van der Waals surface area (Å²) in [4.78, 5) is 28.6. The van der Waals surface area contributed by atoms with Crippen molar-refractivity contribution in [3.8, 4) is 11.5 Å². The van der Waals surface area contributed by atoms with E-state index in [2.05, 4.69) is 20.5 Å². The van der Waals surface area contributed by atoms with E-state index in [1.807, 2.05) is 6.07 Å². The largest absolute Gasteiger partial charge is 0.451 e. The van der Waals surface area contributed by atoms with Gasteiger partial charge in [-0.05, 0) is 31.2 Å². The Bertz CT molecular complexity index is 1190. The second-order valence-electron chi connectivity index (χ2n) is 6.22. The maximum absolute atomic E-state index is 12.7. The van der Waals surface area contributed by atoms with E-state index in [9.17, 15) is 9.59 Å². The highest BCUT2D eigenvalue weighted by molar-refractivity contribution is 8.00. The first kappa shape index (κ1) is 18.9. The monoisotopic (exact) mass is 408 g/mol. The molecule has 4 rings (SSSR count). The molecular formula is C20H16N4O4S. The Kier molecular flexibility index (Phi) is 5.13.